The Bertz CT molecular complexity index is 303. The second-order valence-corrected chi connectivity index (χ2v) is 4.44. The molecule has 0 saturated heterocycles. The van der Waals surface area contributed by atoms with Gasteiger partial charge in [0.2, 0.25) is 0 Å². The maximum Gasteiger partial charge on any atom is 0.123 e. The molecule has 0 radical (unpaired) electrons. The van der Waals surface area contributed by atoms with Crippen LogP contribution in [0, 0.1) is 0 Å². The van der Waals surface area contributed by atoms with Crippen LogP contribution in [0.1, 0.15) is 12.0 Å². The lowest BCUT2D eigenvalue weighted by Gasteiger charge is -2.07. The average molecular weight is 215 g/mol. The van der Waals surface area contributed by atoms with Crippen LogP contribution < -0.4 is 0 Å². The van der Waals surface area contributed by atoms with E-state index in [4.69, 9.17) is 16.3 Å². The fraction of sp³-hybridized carbons (Fsp3) is 0.455. The zero-order valence-corrected chi connectivity index (χ0v) is 8.51. The summed E-state index contributed by atoms with van der Waals surface area (Å²) in [4.78, 5) is -0.727. The summed E-state index contributed by atoms with van der Waals surface area (Å²) >= 11 is 5.86. The van der Waals surface area contributed by atoms with E-state index in [9.17, 15) is 4.39 Å². The zero-order chi connectivity index (χ0) is 10.0. The average Bonchev–Trinajstić information content (AvgIpc) is 2.76. The summed E-state index contributed by atoms with van der Waals surface area (Å²) in [6, 6.07) is 9.79. The van der Waals surface area contributed by atoms with Crippen LogP contribution in [0.15, 0.2) is 30.3 Å². The lowest BCUT2D eigenvalue weighted by Crippen LogP contribution is -2.13. The van der Waals surface area contributed by atoms with Gasteiger partial charge < -0.3 is 4.74 Å². The van der Waals surface area contributed by atoms with Gasteiger partial charge in [-0.2, -0.15) is 0 Å². The van der Waals surface area contributed by atoms with Crippen molar-refractivity contribution in [3.63, 3.8) is 0 Å². The molecule has 1 aliphatic rings. The van der Waals surface area contributed by atoms with E-state index in [-0.39, 0.29) is 0 Å². The minimum Gasteiger partial charge on any atom is -0.375 e. The molecule has 1 aromatic carbocycles. The van der Waals surface area contributed by atoms with E-state index in [1.54, 1.807) is 0 Å². The summed E-state index contributed by atoms with van der Waals surface area (Å²) < 4.78 is 18.0. The van der Waals surface area contributed by atoms with Gasteiger partial charge in [0.25, 0.3) is 0 Å². The first-order chi connectivity index (χ1) is 6.71. The first-order valence-corrected chi connectivity index (χ1v) is 5.03. The number of benzene rings is 1. The van der Waals surface area contributed by atoms with Crippen molar-refractivity contribution in [2.45, 2.75) is 24.1 Å². The van der Waals surface area contributed by atoms with Gasteiger partial charge in [-0.1, -0.05) is 30.3 Å². The van der Waals surface area contributed by atoms with Crippen molar-refractivity contribution >= 4 is 11.6 Å². The minimum absolute atomic E-state index is 0.296. The molecule has 0 amide bonds. The summed E-state index contributed by atoms with van der Waals surface area (Å²) in [5.41, 5.74) is 1.09. The van der Waals surface area contributed by atoms with Crippen LogP contribution in [0.25, 0.3) is 0 Å². The first kappa shape index (κ1) is 9.94. The van der Waals surface area contributed by atoms with Gasteiger partial charge in [0.15, 0.2) is 0 Å². The van der Waals surface area contributed by atoms with Gasteiger partial charge in [-0.3, -0.25) is 0 Å². The molecule has 2 unspecified atom stereocenters. The van der Waals surface area contributed by atoms with Crippen LogP contribution in [0.4, 0.5) is 4.39 Å². The molecule has 76 valence electrons. The van der Waals surface area contributed by atoms with Crippen molar-refractivity contribution in [1.29, 1.82) is 0 Å². The Morgan fingerprint density at radius 2 is 2.07 bits per heavy atom. The molecule has 1 fully saturated rings. The van der Waals surface area contributed by atoms with Crippen molar-refractivity contribution in [2.75, 3.05) is 6.61 Å². The highest BCUT2D eigenvalue weighted by molar-refractivity contribution is 6.26. The Morgan fingerprint density at radius 1 is 1.43 bits per heavy atom. The number of alkyl halides is 2. The number of ether oxygens (including phenoxy) is 1. The number of hydrogen-bond acceptors (Lipinski definition) is 1. The Balaban J connectivity index is 1.74. The fourth-order valence-corrected chi connectivity index (χ4v) is 1.51. The molecule has 1 saturated carbocycles. The van der Waals surface area contributed by atoms with Gasteiger partial charge in [0, 0.05) is 6.42 Å². The van der Waals surface area contributed by atoms with Crippen molar-refractivity contribution in [3.05, 3.63) is 35.9 Å². The molecule has 14 heavy (non-hydrogen) atoms. The topological polar surface area (TPSA) is 9.23 Å². The van der Waals surface area contributed by atoms with E-state index in [1.165, 1.54) is 0 Å². The van der Waals surface area contributed by atoms with Gasteiger partial charge in [-0.05, 0) is 5.56 Å². The summed E-state index contributed by atoms with van der Waals surface area (Å²) in [5, 5.41) is 0. The second kappa shape index (κ2) is 3.87. The lowest BCUT2D eigenvalue weighted by atomic mass is 10.2. The standard InChI is InChI=1S/C11H12ClFO/c12-11(6-10(11)13)8-14-7-9-4-2-1-3-5-9/h1-5,10H,6-8H2. The van der Waals surface area contributed by atoms with E-state index in [0.29, 0.717) is 19.6 Å². The van der Waals surface area contributed by atoms with Gasteiger partial charge in [0.05, 0.1) is 13.2 Å². The minimum atomic E-state index is -0.889. The molecular weight excluding hydrogens is 203 g/mol. The Hall–Kier alpha value is -0.600. The maximum atomic E-state index is 12.7. The summed E-state index contributed by atoms with van der Waals surface area (Å²) in [7, 11) is 0. The zero-order valence-electron chi connectivity index (χ0n) is 7.75. The quantitative estimate of drug-likeness (QED) is 0.701. The van der Waals surface area contributed by atoms with E-state index in [0.717, 1.165) is 5.56 Å². The summed E-state index contributed by atoms with van der Waals surface area (Å²) in [6.45, 7) is 0.798. The van der Waals surface area contributed by atoms with Crippen LogP contribution in [-0.4, -0.2) is 17.7 Å². The summed E-state index contributed by atoms with van der Waals surface area (Å²) in [6.07, 6.45) is -0.469. The summed E-state index contributed by atoms with van der Waals surface area (Å²) in [5.74, 6) is 0. The largest absolute Gasteiger partial charge is 0.375 e. The Labute approximate surface area is 87.8 Å². The van der Waals surface area contributed by atoms with Crippen LogP contribution >= 0.6 is 11.6 Å². The van der Waals surface area contributed by atoms with E-state index in [2.05, 4.69) is 0 Å². The molecular formula is C11H12ClFO. The highest BCUT2D eigenvalue weighted by Gasteiger charge is 2.54. The molecule has 0 N–H and O–H groups in total. The van der Waals surface area contributed by atoms with Crippen LogP contribution in [0.3, 0.4) is 0 Å². The maximum absolute atomic E-state index is 12.7. The van der Waals surface area contributed by atoms with E-state index in [1.807, 2.05) is 30.3 Å². The molecule has 1 aromatic rings. The number of hydrogen-bond donors (Lipinski definition) is 0. The SMILES string of the molecule is FC1CC1(Cl)COCc1ccccc1. The third-order valence-corrected chi connectivity index (χ3v) is 2.87. The molecule has 2 rings (SSSR count). The molecule has 1 nitrogen and oxygen atoms in total. The third-order valence-electron chi connectivity index (χ3n) is 2.37. The predicted molar refractivity (Wildman–Crippen MR) is 54.2 cm³/mol. The van der Waals surface area contributed by atoms with Crippen molar-refractivity contribution < 1.29 is 9.13 Å². The normalized spacial score (nSPS) is 30.3. The second-order valence-electron chi connectivity index (χ2n) is 3.68. The first-order valence-electron chi connectivity index (χ1n) is 4.65. The number of halogens is 2. The lowest BCUT2D eigenvalue weighted by molar-refractivity contribution is 0.112. The molecule has 0 bridgehead atoms. The smallest absolute Gasteiger partial charge is 0.123 e. The van der Waals surface area contributed by atoms with Crippen LogP contribution in [0.5, 0.6) is 0 Å². The monoisotopic (exact) mass is 214 g/mol. The molecule has 0 spiro atoms. The number of rotatable bonds is 4. The van der Waals surface area contributed by atoms with Crippen molar-refractivity contribution in [2.24, 2.45) is 0 Å². The predicted octanol–water partition coefficient (Wildman–Crippen LogP) is 2.92. The third kappa shape index (κ3) is 2.25. The molecule has 0 aromatic heterocycles. The molecule has 0 aliphatic heterocycles. The van der Waals surface area contributed by atoms with Gasteiger partial charge in [0.1, 0.15) is 11.0 Å². The van der Waals surface area contributed by atoms with Gasteiger partial charge in [-0.15, -0.1) is 11.6 Å². The molecule has 3 heteroatoms. The fourth-order valence-electron chi connectivity index (χ4n) is 1.30. The Kier molecular flexibility index (Phi) is 2.75. The Morgan fingerprint density at radius 3 is 2.64 bits per heavy atom. The highest BCUT2D eigenvalue weighted by Crippen LogP contribution is 2.45. The highest BCUT2D eigenvalue weighted by atomic mass is 35.5. The molecule has 0 heterocycles. The van der Waals surface area contributed by atoms with E-state index >= 15 is 0 Å². The molecule has 2 atom stereocenters. The van der Waals surface area contributed by atoms with Gasteiger partial charge >= 0.3 is 0 Å². The van der Waals surface area contributed by atoms with Crippen LogP contribution in [-0.2, 0) is 11.3 Å². The van der Waals surface area contributed by atoms with E-state index < -0.39 is 11.0 Å². The van der Waals surface area contributed by atoms with Crippen molar-refractivity contribution in [3.8, 4) is 0 Å². The molecule has 1 aliphatic carbocycles. The van der Waals surface area contributed by atoms with Gasteiger partial charge in [-0.25, -0.2) is 4.39 Å². The van der Waals surface area contributed by atoms with Crippen molar-refractivity contribution in [1.82, 2.24) is 0 Å². The van der Waals surface area contributed by atoms with Crippen LogP contribution in [0.2, 0.25) is 0 Å².